The molecule has 0 heterocycles. The van der Waals surface area contributed by atoms with Crippen LogP contribution in [-0.4, -0.2) is 27.8 Å². The van der Waals surface area contributed by atoms with E-state index in [-0.39, 0.29) is 5.41 Å². The van der Waals surface area contributed by atoms with Gasteiger partial charge in [0.1, 0.15) is 11.5 Å². The van der Waals surface area contributed by atoms with Crippen LogP contribution in [0.1, 0.15) is 24.8 Å². The third-order valence-corrected chi connectivity index (χ3v) is 3.80. The number of hydrogen-bond acceptors (Lipinski definition) is 3. The van der Waals surface area contributed by atoms with Crippen LogP contribution in [0, 0.1) is 0 Å². The lowest BCUT2D eigenvalue weighted by molar-refractivity contribution is 0.229. The van der Waals surface area contributed by atoms with E-state index in [4.69, 9.17) is 9.47 Å². The third kappa shape index (κ3) is 2.12. The van der Waals surface area contributed by atoms with Crippen molar-refractivity contribution in [2.24, 2.45) is 0 Å². The largest absolute Gasteiger partial charge is 0.497 e. The molecule has 0 unspecified atom stereocenters. The van der Waals surface area contributed by atoms with Crippen LogP contribution in [0.5, 0.6) is 11.5 Å². The van der Waals surface area contributed by atoms with Gasteiger partial charge in [-0.05, 0) is 38.1 Å². The average molecular weight is 235 g/mol. The molecule has 1 aliphatic carbocycles. The Morgan fingerprint density at radius 3 is 2.47 bits per heavy atom. The predicted molar refractivity (Wildman–Crippen MR) is 69.0 cm³/mol. The number of likely N-dealkylation sites (N-methyl/N-ethyl adjacent to an activating group) is 1. The summed E-state index contributed by atoms with van der Waals surface area (Å²) in [6.07, 6.45) is 3.73. The number of hydrogen-bond donors (Lipinski definition) is 1. The summed E-state index contributed by atoms with van der Waals surface area (Å²) in [6, 6.07) is 6.08. The zero-order valence-electron chi connectivity index (χ0n) is 10.9. The number of benzene rings is 1. The molecule has 1 fully saturated rings. The fourth-order valence-electron chi connectivity index (χ4n) is 2.71. The van der Waals surface area contributed by atoms with E-state index in [1.165, 1.54) is 24.8 Å². The molecule has 3 nitrogen and oxygen atoms in total. The van der Waals surface area contributed by atoms with E-state index in [1.807, 2.05) is 19.2 Å². The standard InChI is InChI=1S/C14H21NO2/c1-15-10-14(7-4-8-14)12-9-11(16-2)5-6-13(12)17-3/h5-6,9,15H,4,7-8,10H2,1-3H3. The van der Waals surface area contributed by atoms with Gasteiger partial charge in [0.05, 0.1) is 14.2 Å². The smallest absolute Gasteiger partial charge is 0.122 e. The van der Waals surface area contributed by atoms with Gasteiger partial charge >= 0.3 is 0 Å². The van der Waals surface area contributed by atoms with Crippen LogP contribution in [0.4, 0.5) is 0 Å². The minimum Gasteiger partial charge on any atom is -0.497 e. The Hall–Kier alpha value is -1.22. The fourth-order valence-corrected chi connectivity index (χ4v) is 2.71. The monoisotopic (exact) mass is 235 g/mol. The van der Waals surface area contributed by atoms with Crippen molar-refractivity contribution in [2.45, 2.75) is 24.7 Å². The van der Waals surface area contributed by atoms with Crippen molar-refractivity contribution in [3.05, 3.63) is 23.8 Å². The van der Waals surface area contributed by atoms with Gasteiger partial charge in [-0.3, -0.25) is 0 Å². The second-order valence-corrected chi connectivity index (χ2v) is 4.73. The van der Waals surface area contributed by atoms with Gasteiger partial charge in [-0.2, -0.15) is 0 Å². The topological polar surface area (TPSA) is 30.5 Å². The molecule has 0 bridgehead atoms. The molecule has 17 heavy (non-hydrogen) atoms. The Balaban J connectivity index is 2.40. The van der Waals surface area contributed by atoms with E-state index in [9.17, 15) is 0 Å². The van der Waals surface area contributed by atoms with Gasteiger partial charge in [0.25, 0.3) is 0 Å². The summed E-state index contributed by atoms with van der Waals surface area (Å²) >= 11 is 0. The van der Waals surface area contributed by atoms with Crippen LogP contribution in [0.25, 0.3) is 0 Å². The second-order valence-electron chi connectivity index (χ2n) is 4.73. The predicted octanol–water partition coefficient (Wildman–Crippen LogP) is 2.34. The molecule has 0 spiro atoms. The first-order valence-electron chi connectivity index (χ1n) is 6.13. The van der Waals surface area contributed by atoms with Crippen LogP contribution < -0.4 is 14.8 Å². The SMILES string of the molecule is CNCC1(c2cc(OC)ccc2OC)CCC1. The van der Waals surface area contributed by atoms with E-state index in [2.05, 4.69) is 11.4 Å². The molecule has 0 aromatic heterocycles. The van der Waals surface area contributed by atoms with Crippen molar-refractivity contribution in [1.82, 2.24) is 5.32 Å². The molecule has 94 valence electrons. The van der Waals surface area contributed by atoms with Crippen LogP contribution in [0.2, 0.25) is 0 Å². The van der Waals surface area contributed by atoms with Crippen molar-refractivity contribution >= 4 is 0 Å². The molecular formula is C14H21NO2. The molecule has 3 heteroatoms. The molecule has 0 radical (unpaired) electrons. The molecule has 0 saturated heterocycles. The Kier molecular flexibility index (Phi) is 3.57. The number of ether oxygens (including phenoxy) is 2. The van der Waals surface area contributed by atoms with E-state index >= 15 is 0 Å². The van der Waals surface area contributed by atoms with Gasteiger partial charge in [-0.1, -0.05) is 6.42 Å². The van der Waals surface area contributed by atoms with Gasteiger partial charge in [-0.25, -0.2) is 0 Å². The lowest BCUT2D eigenvalue weighted by Crippen LogP contribution is -2.43. The molecule has 1 aromatic carbocycles. The summed E-state index contributed by atoms with van der Waals surface area (Å²) in [5, 5.41) is 3.30. The van der Waals surface area contributed by atoms with Crippen molar-refractivity contribution in [2.75, 3.05) is 27.8 Å². The van der Waals surface area contributed by atoms with Gasteiger partial charge < -0.3 is 14.8 Å². The van der Waals surface area contributed by atoms with Gasteiger partial charge in [-0.15, -0.1) is 0 Å². The van der Waals surface area contributed by atoms with Crippen LogP contribution in [0.15, 0.2) is 18.2 Å². The van der Waals surface area contributed by atoms with Gasteiger partial charge in [0.2, 0.25) is 0 Å². The highest BCUT2D eigenvalue weighted by atomic mass is 16.5. The zero-order chi connectivity index (χ0) is 12.3. The van der Waals surface area contributed by atoms with Crippen molar-refractivity contribution < 1.29 is 9.47 Å². The fraction of sp³-hybridized carbons (Fsp3) is 0.571. The van der Waals surface area contributed by atoms with Gasteiger partial charge in [0, 0.05) is 17.5 Å². The first-order chi connectivity index (χ1) is 8.25. The molecule has 0 aliphatic heterocycles. The number of nitrogens with one attached hydrogen (secondary N) is 1. The highest BCUT2D eigenvalue weighted by Gasteiger charge is 2.40. The zero-order valence-corrected chi connectivity index (χ0v) is 10.9. The maximum Gasteiger partial charge on any atom is 0.122 e. The first kappa shape index (κ1) is 12.2. The lowest BCUT2D eigenvalue weighted by Gasteiger charge is -2.43. The Morgan fingerprint density at radius 2 is 2.00 bits per heavy atom. The first-order valence-corrected chi connectivity index (χ1v) is 6.13. The molecule has 1 aromatic rings. The number of rotatable bonds is 5. The molecule has 0 amide bonds. The lowest BCUT2D eigenvalue weighted by atomic mass is 9.64. The van der Waals surface area contributed by atoms with E-state index in [0.29, 0.717) is 0 Å². The van der Waals surface area contributed by atoms with E-state index in [1.54, 1.807) is 14.2 Å². The minimum atomic E-state index is 0.231. The van der Waals surface area contributed by atoms with E-state index < -0.39 is 0 Å². The quantitative estimate of drug-likeness (QED) is 0.849. The summed E-state index contributed by atoms with van der Waals surface area (Å²) < 4.78 is 10.8. The number of methoxy groups -OCH3 is 2. The molecule has 1 N–H and O–H groups in total. The Labute approximate surface area is 103 Å². The third-order valence-electron chi connectivity index (χ3n) is 3.80. The molecule has 2 rings (SSSR count). The van der Waals surface area contributed by atoms with Gasteiger partial charge in [0.15, 0.2) is 0 Å². The molecule has 0 atom stereocenters. The maximum atomic E-state index is 5.49. The summed E-state index contributed by atoms with van der Waals surface area (Å²) in [6.45, 7) is 0.997. The maximum absolute atomic E-state index is 5.49. The highest BCUT2D eigenvalue weighted by Crippen LogP contribution is 2.47. The van der Waals surface area contributed by atoms with Crippen molar-refractivity contribution in [3.8, 4) is 11.5 Å². The molecule has 1 saturated carbocycles. The minimum absolute atomic E-state index is 0.231. The van der Waals surface area contributed by atoms with Crippen molar-refractivity contribution in [3.63, 3.8) is 0 Å². The summed E-state index contributed by atoms with van der Waals surface area (Å²) in [5.41, 5.74) is 1.51. The average Bonchev–Trinajstić information content (AvgIpc) is 2.33. The normalized spacial score (nSPS) is 17.4. The molecular weight excluding hydrogens is 214 g/mol. The Morgan fingerprint density at radius 1 is 1.24 bits per heavy atom. The highest BCUT2D eigenvalue weighted by molar-refractivity contribution is 5.46. The molecule has 1 aliphatic rings. The summed E-state index contributed by atoms with van der Waals surface area (Å²) in [7, 11) is 5.45. The van der Waals surface area contributed by atoms with E-state index in [0.717, 1.165) is 18.0 Å². The van der Waals surface area contributed by atoms with Crippen molar-refractivity contribution in [1.29, 1.82) is 0 Å². The van der Waals surface area contributed by atoms with Crippen LogP contribution in [-0.2, 0) is 5.41 Å². The Bertz CT molecular complexity index is 386. The van der Waals surface area contributed by atoms with Crippen LogP contribution >= 0.6 is 0 Å². The van der Waals surface area contributed by atoms with Crippen LogP contribution in [0.3, 0.4) is 0 Å². The summed E-state index contributed by atoms with van der Waals surface area (Å²) in [4.78, 5) is 0. The summed E-state index contributed by atoms with van der Waals surface area (Å²) in [5.74, 6) is 1.88. The second kappa shape index (κ2) is 4.96.